The zero-order chi connectivity index (χ0) is 28.2. The molecule has 3 aromatic rings. The van der Waals surface area contributed by atoms with Gasteiger partial charge in [0.25, 0.3) is 5.91 Å². The topological polar surface area (TPSA) is 94.8 Å². The first-order valence-corrected chi connectivity index (χ1v) is 11.9. The van der Waals surface area contributed by atoms with Crippen molar-refractivity contribution in [2.45, 2.75) is 19.0 Å². The molecule has 40 heavy (non-hydrogen) atoms. The molecule has 1 atom stereocenters. The van der Waals surface area contributed by atoms with E-state index < -0.39 is 36.7 Å². The Balaban J connectivity index is 1.26. The highest BCUT2D eigenvalue weighted by atomic mass is 19.4. The van der Waals surface area contributed by atoms with E-state index >= 15 is 0 Å². The predicted octanol–water partition coefficient (Wildman–Crippen LogP) is 4.80. The summed E-state index contributed by atoms with van der Waals surface area (Å²) in [6.07, 6.45) is -0.947. The third-order valence-corrected chi connectivity index (χ3v) is 6.48. The summed E-state index contributed by atoms with van der Waals surface area (Å²) in [6, 6.07) is 7.79. The molecule has 2 aliphatic heterocycles. The molecular formula is C27H17F5N4O4. The zero-order valence-corrected chi connectivity index (χ0v) is 20.2. The number of allylic oxidation sites excluding steroid dienone is 3. The number of halogens is 5. The first-order valence-electron chi connectivity index (χ1n) is 11.9. The lowest BCUT2D eigenvalue weighted by Crippen LogP contribution is -2.28. The van der Waals surface area contributed by atoms with Crippen molar-refractivity contribution in [2.24, 2.45) is 10.9 Å². The van der Waals surface area contributed by atoms with E-state index in [0.29, 0.717) is 11.3 Å². The molecule has 0 saturated carbocycles. The van der Waals surface area contributed by atoms with Gasteiger partial charge in [-0.15, -0.1) is 8.78 Å². The number of carbonyl (C=O) groups is 2. The highest BCUT2D eigenvalue weighted by Gasteiger charge is 2.45. The fourth-order valence-electron chi connectivity index (χ4n) is 4.67. The molecule has 1 aliphatic carbocycles. The summed E-state index contributed by atoms with van der Waals surface area (Å²) < 4.78 is 78.7. The maximum atomic E-state index is 13.9. The monoisotopic (exact) mass is 556 g/mol. The lowest BCUT2D eigenvalue weighted by molar-refractivity contribution is -0.287. The minimum Gasteiger partial charge on any atom is -0.395 e. The number of ketones is 1. The number of para-hydroxylation sites is 1. The summed E-state index contributed by atoms with van der Waals surface area (Å²) in [5.41, 5.74) is 1.24. The Morgan fingerprint density at radius 1 is 1.12 bits per heavy atom. The number of nitrogens with one attached hydrogen (secondary N) is 1. The summed E-state index contributed by atoms with van der Waals surface area (Å²) in [5, 5.41) is 2.69. The maximum absolute atomic E-state index is 13.9. The Morgan fingerprint density at radius 3 is 2.75 bits per heavy atom. The Bertz CT molecular complexity index is 1700. The molecule has 6 rings (SSSR count). The number of aromatic nitrogens is 2. The number of hydrogen-bond acceptors (Lipinski definition) is 6. The van der Waals surface area contributed by atoms with Gasteiger partial charge in [0.15, 0.2) is 17.3 Å². The first kappa shape index (κ1) is 25.5. The molecule has 1 N–H and O–H groups in total. The van der Waals surface area contributed by atoms with Gasteiger partial charge in [0.05, 0.1) is 29.2 Å². The molecule has 2 aromatic carbocycles. The highest BCUT2D eigenvalue weighted by molar-refractivity contribution is 6.18. The van der Waals surface area contributed by atoms with E-state index in [1.54, 1.807) is 18.2 Å². The Kier molecular flexibility index (Phi) is 5.82. The van der Waals surface area contributed by atoms with Crippen LogP contribution >= 0.6 is 0 Å². The lowest BCUT2D eigenvalue weighted by atomic mass is 9.89. The predicted molar refractivity (Wildman–Crippen MR) is 131 cm³/mol. The standard InChI is InChI=1S/C27H17F5N4O4/c28-26(29,30)25-35-19-11-15(24(38)34-12-14-4-6-17-18(10-14)33-9-8-21(17)37)5-7-20(19)36(25)13-16-2-1-3-22-23(16)40-27(31,32)39-22/h1-11,17H,12-13H2,(H,34,38). The summed E-state index contributed by atoms with van der Waals surface area (Å²) >= 11 is 0. The number of aliphatic imine (C=N–C) groups is 1. The van der Waals surface area contributed by atoms with Crippen LogP contribution in [0.3, 0.4) is 0 Å². The second kappa shape index (κ2) is 9.14. The summed E-state index contributed by atoms with van der Waals surface area (Å²) in [4.78, 5) is 32.6. The molecular weight excluding hydrogens is 539 g/mol. The lowest BCUT2D eigenvalue weighted by Gasteiger charge is -2.18. The number of nitrogens with zero attached hydrogens (tertiary/aromatic N) is 3. The number of benzene rings is 2. The molecule has 204 valence electrons. The largest absolute Gasteiger partial charge is 0.586 e. The summed E-state index contributed by atoms with van der Waals surface area (Å²) in [6.45, 7) is -0.409. The molecule has 3 heterocycles. The van der Waals surface area contributed by atoms with Crippen molar-refractivity contribution in [3.8, 4) is 11.5 Å². The van der Waals surface area contributed by atoms with Crippen molar-refractivity contribution in [1.82, 2.24) is 14.9 Å². The van der Waals surface area contributed by atoms with E-state index in [1.807, 2.05) is 0 Å². The van der Waals surface area contributed by atoms with Crippen LogP contribution in [0.25, 0.3) is 11.0 Å². The molecule has 0 spiro atoms. The molecule has 1 amide bonds. The molecule has 1 aromatic heterocycles. The summed E-state index contributed by atoms with van der Waals surface area (Å²) in [5.74, 6) is -3.05. The van der Waals surface area contributed by atoms with Gasteiger partial charge in [-0.1, -0.05) is 24.3 Å². The number of imidazole rings is 1. The van der Waals surface area contributed by atoms with Crippen LogP contribution in [0, 0.1) is 5.92 Å². The number of fused-ring (bicyclic) bond motifs is 3. The van der Waals surface area contributed by atoms with Gasteiger partial charge in [-0.05, 0) is 35.9 Å². The van der Waals surface area contributed by atoms with Crippen molar-refractivity contribution in [1.29, 1.82) is 0 Å². The highest BCUT2D eigenvalue weighted by Crippen LogP contribution is 2.44. The van der Waals surface area contributed by atoms with Crippen molar-refractivity contribution >= 4 is 28.4 Å². The van der Waals surface area contributed by atoms with Crippen molar-refractivity contribution in [3.05, 3.63) is 89.4 Å². The fraction of sp³-hybridized carbons (Fsp3) is 0.185. The van der Waals surface area contributed by atoms with Gasteiger partial charge in [0.1, 0.15) is 0 Å². The minimum atomic E-state index is -4.88. The third-order valence-electron chi connectivity index (χ3n) is 6.48. The quantitative estimate of drug-likeness (QED) is 0.456. The van der Waals surface area contributed by atoms with Gasteiger partial charge < -0.3 is 19.4 Å². The van der Waals surface area contributed by atoms with Crippen LogP contribution < -0.4 is 14.8 Å². The van der Waals surface area contributed by atoms with Crippen LogP contribution in [0.15, 0.2) is 77.5 Å². The average molecular weight is 556 g/mol. The molecule has 0 radical (unpaired) electrons. The van der Waals surface area contributed by atoms with Gasteiger partial charge >= 0.3 is 12.5 Å². The Hall–Kier alpha value is -4.81. The van der Waals surface area contributed by atoms with E-state index in [-0.39, 0.29) is 46.0 Å². The third kappa shape index (κ3) is 4.63. The van der Waals surface area contributed by atoms with Crippen LogP contribution in [0.4, 0.5) is 22.0 Å². The number of carbonyl (C=O) groups excluding carboxylic acids is 2. The molecule has 0 bridgehead atoms. The first-order chi connectivity index (χ1) is 19.0. The van der Waals surface area contributed by atoms with Crippen LogP contribution in [0.2, 0.25) is 0 Å². The van der Waals surface area contributed by atoms with Crippen LogP contribution in [0.5, 0.6) is 11.5 Å². The Labute approximate surface area is 222 Å². The maximum Gasteiger partial charge on any atom is 0.586 e. The molecule has 3 aliphatic rings. The number of amides is 1. The van der Waals surface area contributed by atoms with E-state index in [0.717, 1.165) is 4.57 Å². The van der Waals surface area contributed by atoms with E-state index in [1.165, 1.54) is 48.7 Å². The molecule has 8 nitrogen and oxygen atoms in total. The van der Waals surface area contributed by atoms with Crippen LogP contribution in [-0.4, -0.2) is 39.8 Å². The van der Waals surface area contributed by atoms with Crippen molar-refractivity contribution in [2.75, 3.05) is 6.54 Å². The fourth-order valence-corrected chi connectivity index (χ4v) is 4.67. The summed E-state index contributed by atoms with van der Waals surface area (Å²) in [7, 11) is 0. The van der Waals surface area contributed by atoms with E-state index in [2.05, 4.69) is 24.8 Å². The molecule has 13 heteroatoms. The second-order valence-corrected chi connectivity index (χ2v) is 9.15. The number of rotatable bonds is 5. The van der Waals surface area contributed by atoms with Gasteiger partial charge in [-0.25, -0.2) is 4.98 Å². The number of hydrogen-bond donors (Lipinski definition) is 1. The normalized spacial score (nSPS) is 18.9. The zero-order valence-electron chi connectivity index (χ0n) is 20.2. The van der Waals surface area contributed by atoms with E-state index in [9.17, 15) is 31.5 Å². The van der Waals surface area contributed by atoms with Gasteiger partial charge in [0.2, 0.25) is 5.82 Å². The van der Waals surface area contributed by atoms with E-state index in [4.69, 9.17) is 0 Å². The average Bonchev–Trinajstić information content (AvgIpc) is 3.43. The van der Waals surface area contributed by atoms with Gasteiger partial charge in [0, 0.05) is 29.9 Å². The van der Waals surface area contributed by atoms with Crippen LogP contribution in [0.1, 0.15) is 21.7 Å². The van der Waals surface area contributed by atoms with Gasteiger partial charge in [-0.3, -0.25) is 14.6 Å². The van der Waals surface area contributed by atoms with Crippen LogP contribution in [-0.2, 0) is 17.5 Å². The van der Waals surface area contributed by atoms with Gasteiger partial charge in [-0.2, -0.15) is 13.2 Å². The second-order valence-electron chi connectivity index (χ2n) is 9.15. The molecule has 0 saturated heterocycles. The van der Waals surface area contributed by atoms with Crippen molar-refractivity contribution in [3.63, 3.8) is 0 Å². The Morgan fingerprint density at radius 2 is 1.95 bits per heavy atom. The number of alkyl halides is 5. The number of ether oxygens (including phenoxy) is 2. The molecule has 0 fully saturated rings. The smallest absolute Gasteiger partial charge is 0.395 e. The SMILES string of the molecule is O=C(NCC1=CC2=NC=CC(=O)C2C=C1)c1ccc2c(c1)nc(C(F)(F)F)n2Cc1cccc2c1OC(F)(F)O2. The molecule has 1 unspecified atom stereocenters. The van der Waals surface area contributed by atoms with Crippen molar-refractivity contribution < 1.29 is 41.0 Å². The minimum absolute atomic E-state index is 0.0251.